The van der Waals surface area contributed by atoms with E-state index in [0.717, 1.165) is 13.1 Å². The third kappa shape index (κ3) is 1.73. The van der Waals surface area contributed by atoms with Gasteiger partial charge in [0, 0.05) is 43.3 Å². The Bertz CT molecular complexity index is 276. The molecule has 1 aromatic heterocycles. The second-order valence-electron chi connectivity index (χ2n) is 3.97. The van der Waals surface area contributed by atoms with Crippen molar-refractivity contribution in [1.82, 2.24) is 10.3 Å². The lowest BCUT2D eigenvalue weighted by molar-refractivity contribution is 0.432. The molecule has 14 heavy (non-hydrogen) atoms. The zero-order chi connectivity index (χ0) is 9.97. The van der Waals surface area contributed by atoms with Crippen LogP contribution < -0.4 is 10.2 Å². The summed E-state index contributed by atoms with van der Waals surface area (Å²) in [6, 6.07) is 5.28. The van der Waals surface area contributed by atoms with Crippen LogP contribution in [0, 0.1) is 0 Å². The maximum atomic E-state index is 4.05. The summed E-state index contributed by atoms with van der Waals surface area (Å²) in [7, 11) is 0. The van der Waals surface area contributed by atoms with Crippen LogP contribution in [0.25, 0.3) is 0 Å². The molecule has 1 aliphatic rings. The highest BCUT2D eigenvalue weighted by Crippen LogP contribution is 2.20. The van der Waals surface area contributed by atoms with Crippen molar-refractivity contribution in [1.29, 1.82) is 0 Å². The van der Waals surface area contributed by atoms with Crippen LogP contribution in [0.2, 0.25) is 0 Å². The lowest BCUT2D eigenvalue weighted by Gasteiger charge is -2.41. The zero-order valence-electron chi connectivity index (χ0n) is 8.77. The van der Waals surface area contributed by atoms with Crippen LogP contribution in [0.4, 0.5) is 5.69 Å². The molecule has 0 spiro atoms. The maximum Gasteiger partial charge on any atom is 0.0402 e. The van der Waals surface area contributed by atoms with Crippen molar-refractivity contribution in [3.63, 3.8) is 0 Å². The molecule has 0 aromatic carbocycles. The van der Waals surface area contributed by atoms with Crippen LogP contribution in [0.3, 0.4) is 0 Å². The first-order valence-corrected chi connectivity index (χ1v) is 5.18. The first-order valence-electron chi connectivity index (χ1n) is 5.18. The molecule has 76 valence electrons. The van der Waals surface area contributed by atoms with Gasteiger partial charge in [0.1, 0.15) is 0 Å². The summed E-state index contributed by atoms with van der Waals surface area (Å²) in [6.07, 6.45) is 3.72. The Morgan fingerprint density at radius 3 is 2.36 bits per heavy atom. The largest absolute Gasteiger partial charge is 0.363 e. The fraction of sp³-hybridized carbons (Fsp3) is 0.545. The third-order valence-corrected chi connectivity index (χ3v) is 2.79. The number of hydrogen-bond acceptors (Lipinski definition) is 3. The topological polar surface area (TPSA) is 28.2 Å². The van der Waals surface area contributed by atoms with Gasteiger partial charge in [-0.05, 0) is 26.0 Å². The number of piperazine rings is 1. The SMILES string of the molecule is C[C@@H]1CNC[C@H](C)N1c1ccncc1. The van der Waals surface area contributed by atoms with Crippen molar-refractivity contribution in [3.05, 3.63) is 24.5 Å². The smallest absolute Gasteiger partial charge is 0.0402 e. The van der Waals surface area contributed by atoms with E-state index >= 15 is 0 Å². The van der Waals surface area contributed by atoms with Crippen molar-refractivity contribution in [2.45, 2.75) is 25.9 Å². The molecule has 2 heterocycles. The van der Waals surface area contributed by atoms with E-state index in [1.165, 1.54) is 5.69 Å². The highest BCUT2D eigenvalue weighted by atomic mass is 15.2. The fourth-order valence-electron chi connectivity index (χ4n) is 2.16. The molecule has 3 heteroatoms. The van der Waals surface area contributed by atoms with Gasteiger partial charge in [0.2, 0.25) is 0 Å². The van der Waals surface area contributed by atoms with E-state index in [0.29, 0.717) is 12.1 Å². The van der Waals surface area contributed by atoms with E-state index in [-0.39, 0.29) is 0 Å². The van der Waals surface area contributed by atoms with Gasteiger partial charge < -0.3 is 10.2 Å². The van der Waals surface area contributed by atoms with E-state index in [2.05, 4.69) is 41.2 Å². The fourth-order valence-corrected chi connectivity index (χ4v) is 2.16. The molecule has 1 aromatic rings. The summed E-state index contributed by atoms with van der Waals surface area (Å²) < 4.78 is 0. The molecule has 1 N–H and O–H groups in total. The first kappa shape index (κ1) is 9.46. The molecular weight excluding hydrogens is 174 g/mol. The summed E-state index contributed by atoms with van der Waals surface area (Å²) in [5.41, 5.74) is 1.28. The van der Waals surface area contributed by atoms with Gasteiger partial charge in [-0.1, -0.05) is 0 Å². The van der Waals surface area contributed by atoms with E-state index < -0.39 is 0 Å². The lowest BCUT2D eigenvalue weighted by Crippen LogP contribution is -2.55. The molecule has 0 bridgehead atoms. The number of nitrogens with zero attached hydrogens (tertiary/aromatic N) is 2. The Hall–Kier alpha value is -1.09. The second kappa shape index (κ2) is 3.96. The molecule has 1 fully saturated rings. The molecule has 1 aliphatic heterocycles. The highest BCUT2D eigenvalue weighted by Gasteiger charge is 2.24. The third-order valence-electron chi connectivity index (χ3n) is 2.79. The molecule has 1 saturated heterocycles. The minimum atomic E-state index is 0.557. The van der Waals surface area contributed by atoms with Gasteiger partial charge in [-0.15, -0.1) is 0 Å². The van der Waals surface area contributed by atoms with Gasteiger partial charge in [0.25, 0.3) is 0 Å². The number of hydrogen-bond donors (Lipinski definition) is 1. The number of anilines is 1. The predicted octanol–water partition coefficient (Wildman–Crippen LogP) is 1.27. The molecule has 2 rings (SSSR count). The quantitative estimate of drug-likeness (QED) is 0.724. The van der Waals surface area contributed by atoms with Crippen molar-refractivity contribution in [2.24, 2.45) is 0 Å². The monoisotopic (exact) mass is 191 g/mol. The molecule has 0 amide bonds. The lowest BCUT2D eigenvalue weighted by atomic mass is 10.1. The average Bonchev–Trinajstić information content (AvgIpc) is 2.19. The second-order valence-corrected chi connectivity index (χ2v) is 3.97. The van der Waals surface area contributed by atoms with Gasteiger partial charge >= 0.3 is 0 Å². The number of pyridine rings is 1. The van der Waals surface area contributed by atoms with Crippen molar-refractivity contribution in [2.75, 3.05) is 18.0 Å². The van der Waals surface area contributed by atoms with Crippen molar-refractivity contribution in [3.8, 4) is 0 Å². The summed E-state index contributed by atoms with van der Waals surface area (Å²) in [6.45, 7) is 6.63. The Labute approximate surface area is 85.1 Å². The molecule has 3 nitrogen and oxygen atoms in total. The Kier molecular flexibility index (Phi) is 2.68. The molecular formula is C11H17N3. The number of aromatic nitrogens is 1. The minimum Gasteiger partial charge on any atom is -0.363 e. The van der Waals surface area contributed by atoms with Crippen LogP contribution in [-0.4, -0.2) is 30.2 Å². The van der Waals surface area contributed by atoms with Crippen LogP contribution in [-0.2, 0) is 0 Å². The molecule has 0 radical (unpaired) electrons. The van der Waals surface area contributed by atoms with Crippen LogP contribution in [0.1, 0.15) is 13.8 Å². The van der Waals surface area contributed by atoms with Gasteiger partial charge in [0.15, 0.2) is 0 Å². The van der Waals surface area contributed by atoms with Gasteiger partial charge in [-0.25, -0.2) is 0 Å². The van der Waals surface area contributed by atoms with E-state index in [9.17, 15) is 0 Å². The summed E-state index contributed by atoms with van der Waals surface area (Å²) in [5.74, 6) is 0. The predicted molar refractivity (Wildman–Crippen MR) is 58.5 cm³/mol. The summed E-state index contributed by atoms with van der Waals surface area (Å²) in [4.78, 5) is 6.50. The average molecular weight is 191 g/mol. The zero-order valence-corrected chi connectivity index (χ0v) is 8.77. The highest BCUT2D eigenvalue weighted by molar-refractivity contribution is 5.47. The van der Waals surface area contributed by atoms with Crippen LogP contribution in [0.15, 0.2) is 24.5 Å². The molecule has 2 atom stereocenters. The first-order chi connectivity index (χ1) is 6.79. The normalized spacial score (nSPS) is 27.7. The van der Waals surface area contributed by atoms with Crippen molar-refractivity contribution < 1.29 is 0 Å². The van der Waals surface area contributed by atoms with Gasteiger partial charge in [-0.2, -0.15) is 0 Å². The Balaban J connectivity index is 2.23. The maximum absolute atomic E-state index is 4.05. The summed E-state index contributed by atoms with van der Waals surface area (Å²) >= 11 is 0. The van der Waals surface area contributed by atoms with E-state index in [1.807, 2.05) is 12.4 Å². The number of nitrogens with one attached hydrogen (secondary N) is 1. The van der Waals surface area contributed by atoms with Crippen LogP contribution >= 0.6 is 0 Å². The Morgan fingerprint density at radius 2 is 1.79 bits per heavy atom. The molecule has 0 unspecified atom stereocenters. The van der Waals surface area contributed by atoms with Crippen molar-refractivity contribution >= 4 is 5.69 Å². The molecule has 0 aliphatic carbocycles. The van der Waals surface area contributed by atoms with E-state index in [4.69, 9.17) is 0 Å². The molecule has 0 saturated carbocycles. The van der Waals surface area contributed by atoms with Gasteiger partial charge in [0.05, 0.1) is 0 Å². The standard InChI is InChI=1S/C11H17N3/c1-9-7-13-8-10(2)14(9)11-3-5-12-6-4-11/h3-6,9-10,13H,7-8H2,1-2H3/t9-,10+. The minimum absolute atomic E-state index is 0.557. The van der Waals surface area contributed by atoms with Gasteiger partial charge in [-0.3, -0.25) is 4.98 Å². The van der Waals surface area contributed by atoms with Crippen LogP contribution in [0.5, 0.6) is 0 Å². The Morgan fingerprint density at radius 1 is 1.21 bits per heavy atom. The number of rotatable bonds is 1. The summed E-state index contributed by atoms with van der Waals surface area (Å²) in [5, 5.41) is 3.43. The van der Waals surface area contributed by atoms with E-state index in [1.54, 1.807) is 0 Å².